The first kappa shape index (κ1) is 14.1. The number of carbonyl (C=O) groups excluding carboxylic acids is 1. The summed E-state index contributed by atoms with van der Waals surface area (Å²) in [5.41, 5.74) is -0.270. The highest BCUT2D eigenvalue weighted by molar-refractivity contribution is 5.84. The minimum absolute atomic E-state index is 0.128. The minimum atomic E-state index is -0.270. The molecule has 7 nitrogen and oxygen atoms in total. The Morgan fingerprint density at radius 2 is 2.18 bits per heavy atom. The van der Waals surface area contributed by atoms with E-state index in [0.29, 0.717) is 5.92 Å². The molecule has 2 heterocycles. The van der Waals surface area contributed by atoms with Gasteiger partial charge in [0.15, 0.2) is 5.82 Å². The standard InChI is InChI=1S/C15H23N5O2/c21-14(15-5-3-1-2-4-12(15)22-7-6-15)16-11-8-10(9-11)13-17-19-20-18-13/h10-12H,1-9H2,(H,16,21)(H,17,18,19,20)/t10?,11?,12-,15-/m1/s1. The summed E-state index contributed by atoms with van der Waals surface area (Å²) in [7, 11) is 0. The molecule has 0 radical (unpaired) electrons. The number of nitrogens with zero attached hydrogens (tertiary/aromatic N) is 3. The highest BCUT2D eigenvalue weighted by atomic mass is 16.5. The molecular weight excluding hydrogens is 282 g/mol. The Morgan fingerprint density at radius 3 is 3.00 bits per heavy atom. The molecule has 4 rings (SSSR count). The molecule has 0 bridgehead atoms. The van der Waals surface area contributed by atoms with Gasteiger partial charge in [-0.15, -0.1) is 10.2 Å². The number of aromatic nitrogens is 4. The summed E-state index contributed by atoms with van der Waals surface area (Å²) in [6.45, 7) is 0.730. The molecule has 7 heteroatoms. The first-order valence-electron chi connectivity index (χ1n) is 8.44. The lowest BCUT2D eigenvalue weighted by atomic mass is 9.74. The summed E-state index contributed by atoms with van der Waals surface area (Å²) in [6, 6.07) is 0.245. The Balaban J connectivity index is 1.38. The van der Waals surface area contributed by atoms with E-state index in [9.17, 15) is 4.79 Å². The summed E-state index contributed by atoms with van der Waals surface area (Å²) in [5.74, 6) is 1.31. The van der Waals surface area contributed by atoms with Crippen LogP contribution < -0.4 is 5.32 Å². The zero-order valence-electron chi connectivity index (χ0n) is 12.8. The average molecular weight is 305 g/mol. The van der Waals surface area contributed by atoms with Crippen LogP contribution in [0.5, 0.6) is 0 Å². The molecule has 1 amide bonds. The lowest BCUT2D eigenvalue weighted by Gasteiger charge is -2.38. The fraction of sp³-hybridized carbons (Fsp3) is 0.867. The van der Waals surface area contributed by atoms with Crippen LogP contribution in [0.2, 0.25) is 0 Å². The second-order valence-corrected chi connectivity index (χ2v) is 6.97. The molecule has 1 aromatic heterocycles. The van der Waals surface area contributed by atoms with Crippen LogP contribution in [0, 0.1) is 5.41 Å². The van der Waals surface area contributed by atoms with E-state index in [1.54, 1.807) is 0 Å². The smallest absolute Gasteiger partial charge is 0.229 e. The van der Waals surface area contributed by atoms with Gasteiger partial charge in [0.05, 0.1) is 11.5 Å². The van der Waals surface area contributed by atoms with Crippen LogP contribution in [-0.4, -0.2) is 45.3 Å². The van der Waals surface area contributed by atoms with Crippen molar-refractivity contribution in [2.75, 3.05) is 6.61 Å². The van der Waals surface area contributed by atoms with Crippen LogP contribution in [0.25, 0.3) is 0 Å². The maximum absolute atomic E-state index is 12.9. The van der Waals surface area contributed by atoms with Gasteiger partial charge in [0.25, 0.3) is 0 Å². The maximum Gasteiger partial charge on any atom is 0.229 e. The van der Waals surface area contributed by atoms with Gasteiger partial charge in [0.1, 0.15) is 0 Å². The molecule has 0 spiro atoms. The minimum Gasteiger partial charge on any atom is -0.377 e. The predicted octanol–water partition coefficient (Wildman–Crippen LogP) is 1.30. The SMILES string of the molecule is O=C(NC1CC(c2nn[nH]n2)C1)[C@@]12CCCCC[C@H]1OCC2. The van der Waals surface area contributed by atoms with Crippen molar-refractivity contribution >= 4 is 5.91 Å². The molecule has 1 saturated heterocycles. The molecule has 2 aliphatic carbocycles. The fourth-order valence-electron chi connectivity index (χ4n) is 4.29. The molecule has 120 valence electrons. The van der Waals surface area contributed by atoms with E-state index < -0.39 is 0 Å². The lowest BCUT2D eigenvalue weighted by molar-refractivity contribution is -0.136. The summed E-state index contributed by atoms with van der Waals surface area (Å²) < 4.78 is 5.88. The molecule has 2 atom stereocenters. The van der Waals surface area contributed by atoms with Crippen LogP contribution >= 0.6 is 0 Å². The second kappa shape index (κ2) is 5.61. The van der Waals surface area contributed by atoms with E-state index in [2.05, 4.69) is 25.9 Å². The molecule has 3 fully saturated rings. The average Bonchev–Trinajstić information content (AvgIpc) is 3.09. The van der Waals surface area contributed by atoms with Crippen LogP contribution in [0.1, 0.15) is 63.1 Å². The van der Waals surface area contributed by atoms with E-state index >= 15 is 0 Å². The number of ether oxygens (including phenoxy) is 1. The molecule has 3 aliphatic rings. The number of carbonyl (C=O) groups is 1. The van der Waals surface area contributed by atoms with Gasteiger partial charge < -0.3 is 10.1 Å². The van der Waals surface area contributed by atoms with Crippen molar-refractivity contribution in [3.05, 3.63) is 5.82 Å². The Hall–Kier alpha value is -1.50. The number of tetrazole rings is 1. The highest BCUT2D eigenvalue weighted by Gasteiger charge is 2.51. The Labute approximate surface area is 129 Å². The summed E-state index contributed by atoms with van der Waals surface area (Å²) in [6.07, 6.45) is 8.38. The Kier molecular flexibility index (Phi) is 3.60. The Bertz CT molecular complexity index is 528. The van der Waals surface area contributed by atoms with Gasteiger partial charge in [0, 0.05) is 18.6 Å². The first-order chi connectivity index (χ1) is 10.8. The molecule has 1 aromatic rings. The molecule has 2 N–H and O–H groups in total. The highest BCUT2D eigenvalue weighted by Crippen LogP contribution is 2.45. The molecule has 22 heavy (non-hydrogen) atoms. The van der Waals surface area contributed by atoms with Crippen molar-refractivity contribution in [2.24, 2.45) is 5.41 Å². The van der Waals surface area contributed by atoms with E-state index in [-0.39, 0.29) is 23.5 Å². The van der Waals surface area contributed by atoms with Crippen molar-refractivity contribution in [3.8, 4) is 0 Å². The normalized spacial score (nSPS) is 37.9. The number of aromatic amines is 1. The van der Waals surface area contributed by atoms with Crippen molar-refractivity contribution in [2.45, 2.75) is 69.4 Å². The molecule has 0 unspecified atom stereocenters. The predicted molar refractivity (Wildman–Crippen MR) is 78.0 cm³/mol. The van der Waals surface area contributed by atoms with Crippen LogP contribution in [-0.2, 0) is 9.53 Å². The number of nitrogens with one attached hydrogen (secondary N) is 2. The van der Waals surface area contributed by atoms with Crippen molar-refractivity contribution in [3.63, 3.8) is 0 Å². The third-order valence-electron chi connectivity index (χ3n) is 5.73. The number of hydrogen-bond donors (Lipinski definition) is 2. The van der Waals surface area contributed by atoms with Crippen molar-refractivity contribution in [1.29, 1.82) is 0 Å². The first-order valence-corrected chi connectivity index (χ1v) is 8.44. The lowest BCUT2D eigenvalue weighted by Crippen LogP contribution is -2.52. The van der Waals surface area contributed by atoms with Gasteiger partial charge in [-0.1, -0.05) is 24.5 Å². The van der Waals surface area contributed by atoms with Crippen LogP contribution in [0.4, 0.5) is 0 Å². The second-order valence-electron chi connectivity index (χ2n) is 6.97. The monoisotopic (exact) mass is 305 g/mol. The number of fused-ring (bicyclic) bond motifs is 1. The third kappa shape index (κ3) is 2.31. The number of rotatable bonds is 3. The molecular formula is C15H23N5O2. The van der Waals surface area contributed by atoms with Gasteiger partial charge in [-0.3, -0.25) is 4.79 Å². The van der Waals surface area contributed by atoms with E-state index in [4.69, 9.17) is 4.74 Å². The molecule has 2 saturated carbocycles. The Morgan fingerprint density at radius 1 is 1.27 bits per heavy atom. The van der Waals surface area contributed by atoms with Gasteiger partial charge in [-0.2, -0.15) is 5.21 Å². The number of H-pyrrole nitrogens is 1. The summed E-state index contributed by atoms with van der Waals surface area (Å²) in [5, 5.41) is 17.4. The molecule has 0 aromatic carbocycles. The summed E-state index contributed by atoms with van der Waals surface area (Å²) in [4.78, 5) is 12.9. The van der Waals surface area contributed by atoms with Gasteiger partial charge >= 0.3 is 0 Å². The number of hydrogen-bond acceptors (Lipinski definition) is 5. The van der Waals surface area contributed by atoms with Crippen LogP contribution in [0.3, 0.4) is 0 Å². The van der Waals surface area contributed by atoms with E-state index in [0.717, 1.165) is 51.0 Å². The van der Waals surface area contributed by atoms with Crippen molar-refractivity contribution < 1.29 is 9.53 Å². The van der Waals surface area contributed by atoms with E-state index in [1.165, 1.54) is 12.8 Å². The fourth-order valence-corrected chi connectivity index (χ4v) is 4.29. The van der Waals surface area contributed by atoms with Gasteiger partial charge in [-0.05, 0) is 32.1 Å². The molecule has 1 aliphatic heterocycles. The quantitative estimate of drug-likeness (QED) is 0.878. The topological polar surface area (TPSA) is 92.8 Å². The maximum atomic E-state index is 12.9. The zero-order valence-corrected chi connectivity index (χ0v) is 12.8. The van der Waals surface area contributed by atoms with Crippen LogP contribution in [0.15, 0.2) is 0 Å². The number of amides is 1. The third-order valence-corrected chi connectivity index (χ3v) is 5.73. The van der Waals surface area contributed by atoms with Gasteiger partial charge in [0.2, 0.25) is 5.91 Å². The van der Waals surface area contributed by atoms with Crippen molar-refractivity contribution in [1.82, 2.24) is 25.9 Å². The zero-order chi connectivity index (χ0) is 15.0. The van der Waals surface area contributed by atoms with E-state index in [1.807, 2.05) is 0 Å². The van der Waals surface area contributed by atoms with Gasteiger partial charge in [-0.25, -0.2) is 0 Å². The summed E-state index contributed by atoms with van der Waals surface area (Å²) >= 11 is 0. The largest absolute Gasteiger partial charge is 0.377 e.